The molecular weight excluding hydrogens is 441 g/mol. The molecule has 0 aliphatic rings. The van der Waals surface area contributed by atoms with Gasteiger partial charge in [0.2, 0.25) is 9.70 Å². The minimum atomic E-state index is -1.76. The average molecular weight is 469 g/mol. The fourth-order valence-electron chi connectivity index (χ4n) is 2.47. The molecule has 158 valence electrons. The molecule has 0 aliphatic heterocycles. The van der Waals surface area contributed by atoms with Crippen molar-refractivity contribution >= 4 is 63.7 Å². The number of hydrogen-bond donors (Lipinski definition) is 3. The van der Waals surface area contributed by atoms with E-state index in [1.54, 1.807) is 31.4 Å². The second-order valence-electron chi connectivity index (χ2n) is 6.39. The fourth-order valence-corrected chi connectivity index (χ4v) is 3.03. The summed E-state index contributed by atoms with van der Waals surface area (Å²) in [6.45, 7) is 2.17. The smallest absolute Gasteiger partial charge is 0.228 e. The summed E-state index contributed by atoms with van der Waals surface area (Å²) >= 11 is 23.3. The third kappa shape index (κ3) is 10.6. The predicted molar refractivity (Wildman–Crippen MR) is 123 cm³/mol. The number of carbonyl (C=O) groups excluding carboxylic acids is 1. The first-order valence-electron chi connectivity index (χ1n) is 9.34. The number of methoxy groups -OCH3 is 1. The van der Waals surface area contributed by atoms with Gasteiger partial charge in [0.05, 0.1) is 7.11 Å². The van der Waals surface area contributed by atoms with E-state index in [1.807, 2.05) is 0 Å². The molecule has 0 aliphatic carbocycles. The Kier molecular flexibility index (Phi) is 11.9. The number of hydrogen-bond acceptors (Lipinski definition) is 3. The van der Waals surface area contributed by atoms with Gasteiger partial charge in [-0.2, -0.15) is 0 Å². The number of thiocarbonyl (C=S) groups is 1. The van der Waals surface area contributed by atoms with Gasteiger partial charge in [-0.1, -0.05) is 73.8 Å². The van der Waals surface area contributed by atoms with Crippen LogP contribution in [0.25, 0.3) is 0 Å². The molecule has 0 spiro atoms. The first-order chi connectivity index (χ1) is 13.3. The Bertz CT molecular complexity index is 609. The summed E-state index contributed by atoms with van der Waals surface area (Å²) in [5, 5.41) is 8.75. The van der Waals surface area contributed by atoms with Crippen molar-refractivity contribution in [3.8, 4) is 5.75 Å². The number of alkyl halides is 3. The van der Waals surface area contributed by atoms with Crippen LogP contribution in [0.2, 0.25) is 0 Å². The first-order valence-corrected chi connectivity index (χ1v) is 10.9. The summed E-state index contributed by atoms with van der Waals surface area (Å²) in [5.74, 6) is 0.539. The summed E-state index contributed by atoms with van der Waals surface area (Å²) in [6, 6.07) is 7.18. The van der Waals surface area contributed by atoms with E-state index in [0.717, 1.165) is 30.7 Å². The van der Waals surface area contributed by atoms with Crippen LogP contribution in [-0.2, 0) is 4.79 Å². The van der Waals surface area contributed by atoms with E-state index in [9.17, 15) is 4.79 Å². The number of unbranched alkanes of at least 4 members (excludes halogenated alkanes) is 5. The normalized spacial score (nSPS) is 12.2. The number of nitrogens with one attached hydrogen (secondary N) is 3. The lowest BCUT2D eigenvalue weighted by Gasteiger charge is -2.27. The third-order valence-electron chi connectivity index (χ3n) is 4.01. The SMILES string of the molecule is CCCCCCCCC(=O)N[C@H](NC(=S)Nc1ccc(OC)cc1)C(Cl)(Cl)Cl. The molecule has 1 aromatic carbocycles. The van der Waals surface area contributed by atoms with Gasteiger partial charge in [0.1, 0.15) is 11.9 Å². The van der Waals surface area contributed by atoms with Crippen LogP contribution < -0.4 is 20.7 Å². The van der Waals surface area contributed by atoms with Gasteiger partial charge in [-0.15, -0.1) is 0 Å². The van der Waals surface area contributed by atoms with Gasteiger partial charge in [0.15, 0.2) is 5.11 Å². The monoisotopic (exact) mass is 467 g/mol. The van der Waals surface area contributed by atoms with Crippen LogP contribution in [0.1, 0.15) is 51.9 Å². The highest BCUT2D eigenvalue weighted by Crippen LogP contribution is 2.29. The molecule has 9 heteroatoms. The highest BCUT2D eigenvalue weighted by Gasteiger charge is 2.34. The zero-order valence-corrected chi connectivity index (χ0v) is 19.3. The summed E-state index contributed by atoms with van der Waals surface area (Å²) in [7, 11) is 1.59. The van der Waals surface area contributed by atoms with Crippen LogP contribution in [0.15, 0.2) is 24.3 Å². The van der Waals surface area contributed by atoms with Crippen molar-refractivity contribution in [1.29, 1.82) is 0 Å². The molecule has 0 aromatic heterocycles. The third-order valence-corrected chi connectivity index (χ3v) is 4.89. The molecule has 5 nitrogen and oxygen atoms in total. The number of carbonyl (C=O) groups is 1. The highest BCUT2D eigenvalue weighted by molar-refractivity contribution is 7.80. The van der Waals surface area contributed by atoms with E-state index in [4.69, 9.17) is 51.8 Å². The zero-order chi connectivity index (χ0) is 21.0. The topological polar surface area (TPSA) is 62.4 Å². The average Bonchev–Trinajstić information content (AvgIpc) is 2.64. The van der Waals surface area contributed by atoms with Crippen molar-refractivity contribution in [3.63, 3.8) is 0 Å². The van der Waals surface area contributed by atoms with Crippen LogP contribution in [0.4, 0.5) is 5.69 Å². The molecule has 3 N–H and O–H groups in total. The summed E-state index contributed by atoms with van der Waals surface area (Å²) < 4.78 is 3.35. The van der Waals surface area contributed by atoms with Crippen LogP contribution in [-0.4, -0.2) is 28.1 Å². The van der Waals surface area contributed by atoms with Gasteiger partial charge >= 0.3 is 0 Å². The summed E-state index contributed by atoms with van der Waals surface area (Å²) in [4.78, 5) is 12.2. The summed E-state index contributed by atoms with van der Waals surface area (Å²) in [5.41, 5.74) is 0.736. The standard InChI is InChI=1S/C19H28Cl3N3O2S/c1-3-4-5-6-7-8-9-16(26)24-17(19(20,21)22)25-18(28)23-14-10-12-15(27-2)13-11-14/h10-13,17H,3-9H2,1-2H3,(H,24,26)(H2,23,25,28)/t17-/m1/s1. The minimum absolute atomic E-state index is 0.188. The lowest BCUT2D eigenvalue weighted by atomic mass is 10.1. The van der Waals surface area contributed by atoms with Crippen molar-refractivity contribution in [2.45, 2.75) is 61.8 Å². The molecule has 28 heavy (non-hydrogen) atoms. The van der Waals surface area contributed by atoms with E-state index < -0.39 is 9.96 Å². The number of ether oxygens (including phenoxy) is 1. The van der Waals surface area contributed by atoms with Gasteiger partial charge < -0.3 is 20.7 Å². The van der Waals surface area contributed by atoms with Gasteiger partial charge in [-0.25, -0.2) is 0 Å². The van der Waals surface area contributed by atoms with Crippen molar-refractivity contribution < 1.29 is 9.53 Å². The zero-order valence-electron chi connectivity index (χ0n) is 16.2. The molecule has 0 bridgehead atoms. The second-order valence-corrected chi connectivity index (χ2v) is 9.16. The first kappa shape index (κ1) is 25.1. The van der Waals surface area contributed by atoms with E-state index in [1.165, 1.54) is 19.3 Å². The fraction of sp³-hybridized carbons (Fsp3) is 0.579. The van der Waals surface area contributed by atoms with Crippen LogP contribution in [0, 0.1) is 0 Å². The second kappa shape index (κ2) is 13.3. The van der Waals surface area contributed by atoms with Gasteiger partial charge in [0, 0.05) is 12.1 Å². The molecule has 0 fully saturated rings. The number of rotatable bonds is 11. The molecule has 0 heterocycles. The Morgan fingerprint density at radius 2 is 1.68 bits per heavy atom. The largest absolute Gasteiger partial charge is 0.497 e. The van der Waals surface area contributed by atoms with Crippen LogP contribution in [0.3, 0.4) is 0 Å². The molecule has 0 saturated carbocycles. The Balaban J connectivity index is 2.48. The maximum absolute atomic E-state index is 12.2. The molecule has 1 atom stereocenters. The highest BCUT2D eigenvalue weighted by atomic mass is 35.6. The number of halogens is 3. The van der Waals surface area contributed by atoms with Gasteiger partial charge in [-0.05, 0) is 42.9 Å². The van der Waals surface area contributed by atoms with E-state index in [0.29, 0.717) is 6.42 Å². The van der Waals surface area contributed by atoms with E-state index >= 15 is 0 Å². The molecule has 1 amide bonds. The lowest BCUT2D eigenvalue weighted by Crippen LogP contribution is -2.56. The summed E-state index contributed by atoms with van der Waals surface area (Å²) in [6.07, 6.45) is 5.98. The molecule has 0 unspecified atom stereocenters. The Morgan fingerprint density at radius 1 is 1.07 bits per heavy atom. The van der Waals surface area contributed by atoms with Gasteiger partial charge in [0.25, 0.3) is 0 Å². The Morgan fingerprint density at radius 3 is 2.25 bits per heavy atom. The van der Waals surface area contributed by atoms with E-state index in [2.05, 4.69) is 22.9 Å². The number of benzene rings is 1. The van der Waals surface area contributed by atoms with Crippen molar-refractivity contribution in [2.75, 3.05) is 12.4 Å². The van der Waals surface area contributed by atoms with E-state index in [-0.39, 0.29) is 11.0 Å². The Labute approximate surface area is 187 Å². The molecule has 0 saturated heterocycles. The lowest BCUT2D eigenvalue weighted by molar-refractivity contribution is -0.122. The maximum Gasteiger partial charge on any atom is 0.228 e. The Hall–Kier alpha value is -0.950. The molecule has 0 radical (unpaired) electrons. The molecule has 1 rings (SSSR count). The number of anilines is 1. The quantitative estimate of drug-likeness (QED) is 0.172. The number of amides is 1. The predicted octanol–water partition coefficient (Wildman–Crippen LogP) is 5.54. The van der Waals surface area contributed by atoms with Gasteiger partial charge in [-0.3, -0.25) is 4.79 Å². The van der Waals surface area contributed by atoms with Crippen molar-refractivity contribution in [2.24, 2.45) is 0 Å². The maximum atomic E-state index is 12.2. The molecule has 1 aromatic rings. The van der Waals surface area contributed by atoms with Crippen molar-refractivity contribution in [1.82, 2.24) is 10.6 Å². The molecular formula is C19H28Cl3N3O2S. The van der Waals surface area contributed by atoms with Crippen LogP contribution >= 0.6 is 47.0 Å². The minimum Gasteiger partial charge on any atom is -0.497 e. The van der Waals surface area contributed by atoms with Crippen molar-refractivity contribution in [3.05, 3.63) is 24.3 Å². The van der Waals surface area contributed by atoms with Crippen LogP contribution in [0.5, 0.6) is 5.75 Å².